The van der Waals surface area contributed by atoms with Gasteiger partial charge in [0.2, 0.25) is 0 Å². The molecular formula is C16H24ClNO. The summed E-state index contributed by atoms with van der Waals surface area (Å²) < 4.78 is 5.99. The zero-order valence-corrected chi connectivity index (χ0v) is 12.6. The van der Waals surface area contributed by atoms with Crippen molar-refractivity contribution in [1.29, 1.82) is 0 Å². The van der Waals surface area contributed by atoms with Crippen LogP contribution in [0.2, 0.25) is 5.02 Å². The maximum Gasteiger partial charge on any atom is 0.0879 e. The van der Waals surface area contributed by atoms with Crippen molar-refractivity contribution in [1.82, 2.24) is 5.32 Å². The average Bonchev–Trinajstić information content (AvgIpc) is 2.40. The van der Waals surface area contributed by atoms with Gasteiger partial charge in [-0.3, -0.25) is 0 Å². The Labute approximate surface area is 121 Å². The molecule has 0 aliphatic carbocycles. The van der Waals surface area contributed by atoms with Gasteiger partial charge in [0.25, 0.3) is 0 Å². The van der Waals surface area contributed by atoms with Crippen molar-refractivity contribution >= 4 is 11.6 Å². The van der Waals surface area contributed by atoms with Gasteiger partial charge in [-0.05, 0) is 36.9 Å². The van der Waals surface area contributed by atoms with Gasteiger partial charge in [0.1, 0.15) is 0 Å². The first kappa shape index (κ1) is 14.8. The largest absolute Gasteiger partial charge is 0.373 e. The monoisotopic (exact) mass is 281 g/mol. The van der Waals surface area contributed by atoms with Gasteiger partial charge in [-0.15, -0.1) is 0 Å². The molecule has 1 saturated heterocycles. The van der Waals surface area contributed by atoms with E-state index in [2.05, 4.69) is 25.2 Å². The maximum atomic E-state index is 6.31. The number of nitrogens with one attached hydrogen (secondary N) is 1. The summed E-state index contributed by atoms with van der Waals surface area (Å²) in [5, 5.41) is 4.37. The fraction of sp³-hybridized carbons (Fsp3) is 0.625. The molecule has 0 saturated carbocycles. The van der Waals surface area contributed by atoms with Gasteiger partial charge in [-0.1, -0.05) is 43.6 Å². The minimum Gasteiger partial charge on any atom is -0.373 e. The van der Waals surface area contributed by atoms with Crippen LogP contribution in [-0.4, -0.2) is 19.7 Å². The van der Waals surface area contributed by atoms with E-state index >= 15 is 0 Å². The van der Waals surface area contributed by atoms with Crippen LogP contribution in [0.1, 0.15) is 38.4 Å². The lowest BCUT2D eigenvalue weighted by Gasteiger charge is -2.33. The SMILES string of the molecule is CC(C)CNCC1CCCOC1c1ccccc1Cl. The fourth-order valence-electron chi connectivity index (χ4n) is 2.66. The molecule has 2 nitrogen and oxygen atoms in total. The van der Waals surface area contributed by atoms with Gasteiger partial charge < -0.3 is 10.1 Å². The fourth-order valence-corrected chi connectivity index (χ4v) is 2.90. The van der Waals surface area contributed by atoms with E-state index in [0.717, 1.165) is 36.7 Å². The van der Waals surface area contributed by atoms with E-state index in [0.29, 0.717) is 11.8 Å². The molecule has 1 heterocycles. The molecule has 106 valence electrons. The number of hydrogen-bond acceptors (Lipinski definition) is 2. The predicted molar refractivity (Wildman–Crippen MR) is 80.6 cm³/mol. The second-order valence-corrected chi connectivity index (χ2v) is 6.17. The molecule has 0 amide bonds. The second kappa shape index (κ2) is 7.28. The zero-order valence-electron chi connectivity index (χ0n) is 11.9. The third-order valence-electron chi connectivity index (χ3n) is 3.62. The minimum atomic E-state index is 0.141. The van der Waals surface area contributed by atoms with Gasteiger partial charge in [0.05, 0.1) is 6.10 Å². The van der Waals surface area contributed by atoms with Crippen LogP contribution in [0, 0.1) is 11.8 Å². The van der Waals surface area contributed by atoms with Gasteiger partial charge in [-0.2, -0.15) is 0 Å². The van der Waals surface area contributed by atoms with Crippen LogP contribution in [0.25, 0.3) is 0 Å². The van der Waals surface area contributed by atoms with Crippen molar-refractivity contribution in [3.63, 3.8) is 0 Å². The molecule has 1 fully saturated rings. The summed E-state index contributed by atoms with van der Waals surface area (Å²) >= 11 is 6.31. The Morgan fingerprint density at radius 2 is 2.16 bits per heavy atom. The van der Waals surface area contributed by atoms with Crippen LogP contribution in [0.15, 0.2) is 24.3 Å². The first-order valence-electron chi connectivity index (χ1n) is 7.25. The minimum absolute atomic E-state index is 0.141. The molecule has 1 aliphatic rings. The molecule has 2 unspecified atom stereocenters. The van der Waals surface area contributed by atoms with Crippen molar-refractivity contribution < 1.29 is 4.74 Å². The number of halogens is 1. The summed E-state index contributed by atoms with van der Waals surface area (Å²) in [6.45, 7) is 7.38. The molecule has 0 aromatic heterocycles. The van der Waals surface area contributed by atoms with E-state index in [-0.39, 0.29) is 6.10 Å². The zero-order chi connectivity index (χ0) is 13.7. The highest BCUT2D eigenvalue weighted by molar-refractivity contribution is 6.31. The van der Waals surface area contributed by atoms with Crippen molar-refractivity contribution in [3.05, 3.63) is 34.9 Å². The summed E-state index contributed by atoms with van der Waals surface area (Å²) in [4.78, 5) is 0. The average molecular weight is 282 g/mol. The molecule has 0 spiro atoms. The molecule has 3 heteroatoms. The number of benzene rings is 1. The van der Waals surface area contributed by atoms with Crippen LogP contribution < -0.4 is 5.32 Å². The second-order valence-electron chi connectivity index (χ2n) is 5.77. The van der Waals surface area contributed by atoms with E-state index in [9.17, 15) is 0 Å². The smallest absolute Gasteiger partial charge is 0.0879 e. The summed E-state index contributed by atoms with van der Waals surface area (Å²) in [7, 11) is 0. The topological polar surface area (TPSA) is 21.3 Å². The number of rotatable bonds is 5. The Morgan fingerprint density at radius 3 is 2.89 bits per heavy atom. The lowest BCUT2D eigenvalue weighted by Crippen LogP contribution is -2.33. The van der Waals surface area contributed by atoms with Crippen LogP contribution >= 0.6 is 11.6 Å². The van der Waals surface area contributed by atoms with Crippen molar-refractivity contribution in [2.24, 2.45) is 11.8 Å². The Hall–Kier alpha value is -0.570. The van der Waals surface area contributed by atoms with E-state index in [1.54, 1.807) is 0 Å². The summed E-state index contributed by atoms with van der Waals surface area (Å²) in [5.41, 5.74) is 1.14. The molecule has 1 aliphatic heterocycles. The van der Waals surface area contributed by atoms with Crippen molar-refractivity contribution in [2.45, 2.75) is 32.8 Å². The molecule has 2 atom stereocenters. The number of hydrogen-bond donors (Lipinski definition) is 1. The molecule has 1 N–H and O–H groups in total. The van der Waals surface area contributed by atoms with E-state index < -0.39 is 0 Å². The lowest BCUT2D eigenvalue weighted by atomic mass is 9.89. The van der Waals surface area contributed by atoms with Gasteiger partial charge >= 0.3 is 0 Å². The quantitative estimate of drug-likeness (QED) is 0.879. The van der Waals surface area contributed by atoms with Crippen LogP contribution in [-0.2, 0) is 4.74 Å². The van der Waals surface area contributed by atoms with Gasteiger partial charge in [0.15, 0.2) is 0 Å². The third-order valence-corrected chi connectivity index (χ3v) is 3.96. The van der Waals surface area contributed by atoms with Gasteiger partial charge in [-0.25, -0.2) is 0 Å². The Bertz CT molecular complexity index is 394. The molecule has 1 aromatic rings. The predicted octanol–water partition coefficient (Wildman–Crippen LogP) is 4.05. The molecular weight excluding hydrogens is 258 g/mol. The molecule has 0 radical (unpaired) electrons. The summed E-state index contributed by atoms with van der Waals surface area (Å²) in [6.07, 6.45) is 2.50. The summed E-state index contributed by atoms with van der Waals surface area (Å²) in [6, 6.07) is 8.06. The first-order chi connectivity index (χ1) is 9.18. The Kier molecular flexibility index (Phi) is 5.68. The highest BCUT2D eigenvalue weighted by atomic mass is 35.5. The highest BCUT2D eigenvalue weighted by Gasteiger charge is 2.28. The lowest BCUT2D eigenvalue weighted by molar-refractivity contribution is -0.0278. The van der Waals surface area contributed by atoms with Crippen LogP contribution in [0.5, 0.6) is 0 Å². The highest BCUT2D eigenvalue weighted by Crippen LogP contribution is 2.36. The third kappa shape index (κ3) is 4.20. The Balaban J connectivity index is 2.02. The van der Waals surface area contributed by atoms with E-state index in [4.69, 9.17) is 16.3 Å². The van der Waals surface area contributed by atoms with E-state index in [1.807, 2.05) is 18.2 Å². The molecule has 1 aromatic carbocycles. The standard InChI is InChI=1S/C16H24ClNO/c1-12(2)10-18-11-13-6-5-9-19-16(13)14-7-3-4-8-15(14)17/h3-4,7-8,12-13,16,18H,5-6,9-11H2,1-2H3. The maximum absolute atomic E-state index is 6.31. The van der Waals surface area contributed by atoms with Crippen molar-refractivity contribution in [2.75, 3.05) is 19.7 Å². The normalized spacial score (nSPS) is 23.8. The number of ether oxygens (including phenoxy) is 1. The molecule has 19 heavy (non-hydrogen) atoms. The Morgan fingerprint density at radius 1 is 1.37 bits per heavy atom. The summed E-state index contributed by atoms with van der Waals surface area (Å²) in [5.74, 6) is 1.20. The molecule has 2 rings (SSSR count). The van der Waals surface area contributed by atoms with Crippen LogP contribution in [0.4, 0.5) is 0 Å². The van der Waals surface area contributed by atoms with E-state index in [1.165, 1.54) is 6.42 Å². The first-order valence-corrected chi connectivity index (χ1v) is 7.63. The van der Waals surface area contributed by atoms with Crippen molar-refractivity contribution in [3.8, 4) is 0 Å². The molecule has 0 bridgehead atoms. The van der Waals surface area contributed by atoms with Crippen LogP contribution in [0.3, 0.4) is 0 Å². The van der Waals surface area contributed by atoms with Gasteiger partial charge in [0, 0.05) is 24.1 Å².